The van der Waals surface area contributed by atoms with E-state index in [2.05, 4.69) is 10.6 Å². The molecule has 0 radical (unpaired) electrons. The van der Waals surface area contributed by atoms with Crippen molar-refractivity contribution < 1.29 is 14.4 Å². The molecule has 0 unspecified atom stereocenters. The Balaban J connectivity index is 1.20. The molecule has 0 fully saturated rings. The molecular formula is C36H28N2O3S. The van der Waals surface area contributed by atoms with E-state index in [1.807, 2.05) is 103 Å². The Kier molecular flexibility index (Phi) is 9.39. The largest absolute Gasteiger partial charge is 0.321 e. The number of carbonyl (C=O) groups excluding carboxylic acids is 3. The van der Waals surface area contributed by atoms with Crippen molar-refractivity contribution in [1.29, 1.82) is 0 Å². The zero-order valence-electron chi connectivity index (χ0n) is 22.7. The smallest absolute Gasteiger partial charge is 0.272 e. The van der Waals surface area contributed by atoms with Gasteiger partial charge >= 0.3 is 0 Å². The second-order valence-corrected chi connectivity index (χ2v) is 10.5. The van der Waals surface area contributed by atoms with Crippen LogP contribution in [0, 0.1) is 0 Å². The molecule has 5 nitrogen and oxygen atoms in total. The van der Waals surface area contributed by atoms with Crippen molar-refractivity contribution in [1.82, 2.24) is 5.32 Å². The number of Topliss-reactive ketones (excluding diaryl/α,β-unsaturated/α-hetero) is 1. The van der Waals surface area contributed by atoms with Crippen molar-refractivity contribution in [2.24, 2.45) is 0 Å². The number of rotatable bonds is 10. The fourth-order valence-corrected chi connectivity index (χ4v) is 5.00. The fraction of sp³-hybridized carbons (Fsp3) is 0.0278. The van der Waals surface area contributed by atoms with Crippen LogP contribution in [0.5, 0.6) is 0 Å². The maximum Gasteiger partial charge on any atom is 0.272 e. The Morgan fingerprint density at radius 3 is 1.81 bits per heavy atom. The molecule has 0 spiro atoms. The maximum absolute atomic E-state index is 13.2. The summed E-state index contributed by atoms with van der Waals surface area (Å²) in [5, 5.41) is 5.60. The summed E-state index contributed by atoms with van der Waals surface area (Å²) in [5.41, 5.74) is 4.77. The summed E-state index contributed by atoms with van der Waals surface area (Å²) in [6.45, 7) is 0. The Morgan fingerprint density at radius 2 is 1.17 bits per heavy atom. The molecule has 0 saturated carbocycles. The van der Waals surface area contributed by atoms with Crippen molar-refractivity contribution in [3.8, 4) is 11.1 Å². The van der Waals surface area contributed by atoms with Crippen LogP contribution in [0.4, 0.5) is 5.69 Å². The highest BCUT2D eigenvalue weighted by Crippen LogP contribution is 2.24. The van der Waals surface area contributed by atoms with E-state index < -0.39 is 5.91 Å². The Bertz CT molecular complexity index is 1680. The number of hydrogen-bond donors (Lipinski definition) is 2. The molecule has 5 rings (SSSR count). The molecule has 5 aromatic rings. The number of thioether (sulfide) groups is 1. The zero-order valence-corrected chi connectivity index (χ0v) is 23.5. The average molecular weight is 569 g/mol. The normalized spacial score (nSPS) is 11.0. The van der Waals surface area contributed by atoms with Gasteiger partial charge in [-0.1, -0.05) is 103 Å². The highest BCUT2D eigenvalue weighted by molar-refractivity contribution is 8.00. The standard InChI is InChI=1S/C36H28N2O3S/c39-34(29-18-16-28(17-19-29)27-12-6-2-7-13-27)25-42-32-22-20-31(21-23-32)37-36(41)33(24-26-10-4-1-5-11-26)38-35(40)30-14-8-3-9-15-30/h1-24H,25H2,(H,37,41)(H,38,40)/b33-24-. The summed E-state index contributed by atoms with van der Waals surface area (Å²) < 4.78 is 0. The van der Waals surface area contributed by atoms with E-state index in [1.165, 1.54) is 11.8 Å². The molecule has 2 amide bonds. The lowest BCUT2D eigenvalue weighted by molar-refractivity contribution is -0.113. The topological polar surface area (TPSA) is 75.3 Å². The van der Waals surface area contributed by atoms with Crippen LogP contribution >= 0.6 is 11.8 Å². The zero-order chi connectivity index (χ0) is 29.1. The molecular weight excluding hydrogens is 540 g/mol. The summed E-state index contributed by atoms with van der Waals surface area (Å²) in [7, 11) is 0. The van der Waals surface area contributed by atoms with E-state index in [1.54, 1.807) is 42.5 Å². The minimum absolute atomic E-state index is 0.0434. The monoisotopic (exact) mass is 568 g/mol. The predicted octanol–water partition coefficient (Wildman–Crippen LogP) is 7.74. The van der Waals surface area contributed by atoms with E-state index >= 15 is 0 Å². The third kappa shape index (κ3) is 7.71. The number of anilines is 1. The highest BCUT2D eigenvalue weighted by atomic mass is 32.2. The number of carbonyl (C=O) groups is 3. The van der Waals surface area contributed by atoms with Crippen LogP contribution in [0.2, 0.25) is 0 Å². The summed E-state index contributed by atoms with van der Waals surface area (Å²) in [4.78, 5) is 39.7. The van der Waals surface area contributed by atoms with E-state index in [4.69, 9.17) is 0 Å². The van der Waals surface area contributed by atoms with Gasteiger partial charge < -0.3 is 10.6 Å². The first kappa shape index (κ1) is 28.3. The molecule has 0 saturated heterocycles. The Labute approximate surface area is 249 Å². The van der Waals surface area contributed by atoms with Gasteiger partial charge in [0.2, 0.25) is 0 Å². The minimum atomic E-state index is -0.447. The molecule has 0 heterocycles. The highest BCUT2D eigenvalue weighted by Gasteiger charge is 2.15. The Morgan fingerprint density at radius 1 is 0.595 bits per heavy atom. The average Bonchev–Trinajstić information content (AvgIpc) is 3.05. The second-order valence-electron chi connectivity index (χ2n) is 9.42. The fourth-order valence-electron chi connectivity index (χ4n) is 4.20. The first-order valence-corrected chi connectivity index (χ1v) is 14.4. The van der Waals surface area contributed by atoms with Crippen molar-refractivity contribution in [2.75, 3.05) is 11.1 Å². The molecule has 0 atom stereocenters. The van der Waals surface area contributed by atoms with Gasteiger partial charge in [-0.15, -0.1) is 11.8 Å². The summed E-state index contributed by atoms with van der Waals surface area (Å²) in [6, 6.07) is 43.0. The third-order valence-electron chi connectivity index (χ3n) is 6.44. The lowest BCUT2D eigenvalue weighted by Crippen LogP contribution is -2.30. The van der Waals surface area contributed by atoms with E-state index in [9.17, 15) is 14.4 Å². The predicted molar refractivity (Wildman–Crippen MR) is 170 cm³/mol. The van der Waals surface area contributed by atoms with Crippen LogP contribution in [0.25, 0.3) is 17.2 Å². The number of ketones is 1. The van der Waals surface area contributed by atoms with Gasteiger partial charge in [0.15, 0.2) is 5.78 Å². The van der Waals surface area contributed by atoms with Crippen LogP contribution in [0.15, 0.2) is 150 Å². The van der Waals surface area contributed by atoms with Crippen LogP contribution in [-0.4, -0.2) is 23.4 Å². The van der Waals surface area contributed by atoms with Gasteiger partial charge in [-0.2, -0.15) is 0 Å². The van der Waals surface area contributed by atoms with Crippen molar-refractivity contribution >= 4 is 41.1 Å². The molecule has 42 heavy (non-hydrogen) atoms. The summed E-state index contributed by atoms with van der Waals surface area (Å²) >= 11 is 1.44. The van der Waals surface area contributed by atoms with Gasteiger partial charge in [-0.25, -0.2) is 0 Å². The molecule has 0 aliphatic rings. The van der Waals surface area contributed by atoms with Crippen molar-refractivity contribution in [3.63, 3.8) is 0 Å². The number of nitrogens with one attached hydrogen (secondary N) is 2. The van der Waals surface area contributed by atoms with Crippen molar-refractivity contribution in [2.45, 2.75) is 4.90 Å². The van der Waals surface area contributed by atoms with Crippen molar-refractivity contribution in [3.05, 3.63) is 162 Å². The lowest BCUT2D eigenvalue weighted by Gasteiger charge is -2.12. The first-order valence-electron chi connectivity index (χ1n) is 13.4. The molecule has 0 aliphatic heterocycles. The maximum atomic E-state index is 13.2. The van der Waals surface area contributed by atoms with Gasteiger partial charge in [0.25, 0.3) is 11.8 Å². The van der Waals surface area contributed by atoms with E-state index in [-0.39, 0.29) is 17.4 Å². The van der Waals surface area contributed by atoms with Gasteiger partial charge in [0.05, 0.1) is 5.75 Å². The number of benzene rings is 5. The number of amides is 2. The second kappa shape index (κ2) is 13.9. The van der Waals surface area contributed by atoms with Crippen LogP contribution in [0.1, 0.15) is 26.3 Å². The Hall–Kier alpha value is -5.20. The molecule has 0 aliphatic carbocycles. The van der Waals surface area contributed by atoms with E-state index in [0.29, 0.717) is 22.6 Å². The molecule has 206 valence electrons. The summed E-state index contributed by atoms with van der Waals surface area (Å²) in [6.07, 6.45) is 1.64. The lowest BCUT2D eigenvalue weighted by atomic mass is 10.0. The molecule has 0 aromatic heterocycles. The number of hydrogen-bond acceptors (Lipinski definition) is 4. The third-order valence-corrected chi connectivity index (χ3v) is 7.45. The van der Waals surface area contributed by atoms with Crippen LogP contribution < -0.4 is 10.6 Å². The molecule has 2 N–H and O–H groups in total. The van der Waals surface area contributed by atoms with Crippen LogP contribution in [0.3, 0.4) is 0 Å². The van der Waals surface area contributed by atoms with Crippen LogP contribution in [-0.2, 0) is 4.79 Å². The quantitative estimate of drug-likeness (QED) is 0.103. The summed E-state index contributed by atoms with van der Waals surface area (Å²) in [5.74, 6) is -0.482. The van der Waals surface area contributed by atoms with Gasteiger partial charge in [-0.05, 0) is 59.2 Å². The molecule has 6 heteroatoms. The molecule has 5 aromatic carbocycles. The SMILES string of the molecule is O=C(Nc1ccc(SCC(=O)c2ccc(-c3ccccc3)cc2)cc1)/C(=C/c1ccccc1)NC(=O)c1ccccc1. The first-order chi connectivity index (χ1) is 20.5. The van der Waals surface area contributed by atoms with Gasteiger partial charge in [0, 0.05) is 21.7 Å². The molecule has 0 bridgehead atoms. The van der Waals surface area contributed by atoms with Gasteiger partial charge in [0.1, 0.15) is 5.70 Å². The minimum Gasteiger partial charge on any atom is -0.321 e. The van der Waals surface area contributed by atoms with E-state index in [0.717, 1.165) is 21.6 Å². The van der Waals surface area contributed by atoms with Gasteiger partial charge in [-0.3, -0.25) is 14.4 Å².